The molecule has 1 heterocycles. The summed E-state index contributed by atoms with van der Waals surface area (Å²) in [7, 11) is 3.34. The third-order valence-corrected chi connectivity index (χ3v) is 2.78. The Bertz CT molecular complexity index is 294. The molecule has 0 radical (unpaired) electrons. The summed E-state index contributed by atoms with van der Waals surface area (Å²) in [5, 5.41) is 17.6. The second-order valence-electron chi connectivity index (χ2n) is 3.56. The number of aliphatic hydroxyl groups is 1. The summed E-state index contributed by atoms with van der Waals surface area (Å²) in [6.45, 7) is 3.83. The lowest BCUT2D eigenvalue weighted by molar-refractivity contribution is -0.0972. The number of aryl methyl sites for hydroxylation is 1. The highest BCUT2D eigenvalue weighted by atomic mass is 16.5. The van der Waals surface area contributed by atoms with E-state index < -0.39 is 11.7 Å². The largest absolute Gasteiger partial charge is 0.384 e. The van der Waals surface area contributed by atoms with Crippen molar-refractivity contribution in [1.82, 2.24) is 15.0 Å². The Balaban J connectivity index is 2.94. The molecule has 0 fully saturated rings. The van der Waals surface area contributed by atoms with Crippen LogP contribution in [0.3, 0.4) is 0 Å². The van der Waals surface area contributed by atoms with Gasteiger partial charge >= 0.3 is 0 Å². The van der Waals surface area contributed by atoms with E-state index in [-0.39, 0.29) is 0 Å². The standard InChI is InChI=1S/C9H17N3O2/c1-5-9(2,14-4)8(13)7-6-10-11-12(7)3/h6,8,13H,5H2,1-4H3. The predicted molar refractivity (Wildman–Crippen MR) is 51.7 cm³/mol. The van der Waals surface area contributed by atoms with E-state index in [1.807, 2.05) is 13.8 Å². The SMILES string of the molecule is CCC(C)(OC)C(O)c1cnnn1C. The molecule has 1 aromatic rings. The highest BCUT2D eigenvalue weighted by molar-refractivity contribution is 5.05. The van der Waals surface area contributed by atoms with Crippen LogP contribution in [0.15, 0.2) is 6.20 Å². The van der Waals surface area contributed by atoms with Crippen molar-refractivity contribution >= 4 is 0 Å². The molecule has 1 rings (SSSR count). The molecule has 80 valence electrons. The van der Waals surface area contributed by atoms with Crippen LogP contribution in [-0.2, 0) is 11.8 Å². The van der Waals surface area contributed by atoms with Gasteiger partial charge in [-0.1, -0.05) is 12.1 Å². The molecule has 14 heavy (non-hydrogen) atoms. The zero-order valence-corrected chi connectivity index (χ0v) is 9.06. The van der Waals surface area contributed by atoms with Gasteiger partial charge in [-0.15, -0.1) is 5.10 Å². The molecule has 0 aliphatic rings. The van der Waals surface area contributed by atoms with E-state index in [1.165, 1.54) is 0 Å². The Hall–Kier alpha value is -0.940. The van der Waals surface area contributed by atoms with Gasteiger partial charge in [-0.2, -0.15) is 0 Å². The van der Waals surface area contributed by atoms with Gasteiger partial charge in [0.2, 0.25) is 0 Å². The molecule has 1 N–H and O–H groups in total. The van der Waals surface area contributed by atoms with Crippen LogP contribution in [0.2, 0.25) is 0 Å². The fraction of sp³-hybridized carbons (Fsp3) is 0.778. The Morgan fingerprint density at radius 1 is 1.71 bits per heavy atom. The zero-order valence-electron chi connectivity index (χ0n) is 9.06. The maximum atomic E-state index is 10.1. The molecular weight excluding hydrogens is 182 g/mol. The van der Waals surface area contributed by atoms with Crippen LogP contribution in [0.5, 0.6) is 0 Å². The lowest BCUT2D eigenvalue weighted by Gasteiger charge is -2.31. The van der Waals surface area contributed by atoms with Gasteiger partial charge in [0.05, 0.1) is 17.5 Å². The summed E-state index contributed by atoms with van der Waals surface area (Å²) < 4.78 is 6.86. The highest BCUT2D eigenvalue weighted by Crippen LogP contribution is 2.30. The minimum absolute atomic E-state index is 0.588. The van der Waals surface area contributed by atoms with Crippen LogP contribution in [-0.4, -0.2) is 32.8 Å². The first-order valence-corrected chi connectivity index (χ1v) is 4.63. The average Bonchev–Trinajstić information content (AvgIpc) is 2.62. The Labute approximate surface area is 83.7 Å². The molecule has 0 saturated carbocycles. The van der Waals surface area contributed by atoms with Gasteiger partial charge in [0.25, 0.3) is 0 Å². The Kier molecular flexibility index (Phi) is 3.23. The quantitative estimate of drug-likeness (QED) is 0.774. The van der Waals surface area contributed by atoms with E-state index >= 15 is 0 Å². The van der Waals surface area contributed by atoms with Crippen molar-refractivity contribution in [2.75, 3.05) is 7.11 Å². The second kappa shape index (κ2) is 4.06. The maximum Gasteiger partial charge on any atom is 0.126 e. The summed E-state index contributed by atoms with van der Waals surface area (Å²) in [6, 6.07) is 0. The van der Waals surface area contributed by atoms with Crippen molar-refractivity contribution < 1.29 is 9.84 Å². The van der Waals surface area contributed by atoms with E-state index in [9.17, 15) is 5.11 Å². The molecule has 0 aromatic carbocycles. The van der Waals surface area contributed by atoms with E-state index in [0.717, 1.165) is 6.42 Å². The molecule has 2 unspecified atom stereocenters. The van der Waals surface area contributed by atoms with Crippen molar-refractivity contribution in [3.05, 3.63) is 11.9 Å². The van der Waals surface area contributed by atoms with Crippen LogP contribution in [0.1, 0.15) is 32.1 Å². The summed E-state index contributed by atoms with van der Waals surface area (Å²) in [6.07, 6.45) is 1.56. The van der Waals surface area contributed by atoms with Crippen molar-refractivity contribution in [2.24, 2.45) is 7.05 Å². The molecular formula is C9H17N3O2. The summed E-state index contributed by atoms with van der Waals surface area (Å²) >= 11 is 0. The van der Waals surface area contributed by atoms with Crippen LogP contribution in [0.4, 0.5) is 0 Å². The monoisotopic (exact) mass is 199 g/mol. The lowest BCUT2D eigenvalue weighted by Crippen LogP contribution is -2.35. The predicted octanol–water partition coefficient (Wildman–Crippen LogP) is 0.664. The van der Waals surface area contributed by atoms with Gasteiger partial charge < -0.3 is 9.84 Å². The molecule has 5 nitrogen and oxygen atoms in total. The second-order valence-corrected chi connectivity index (χ2v) is 3.56. The molecule has 5 heteroatoms. The third kappa shape index (κ3) is 1.78. The summed E-state index contributed by atoms with van der Waals surface area (Å²) in [5.41, 5.74) is 0.0753. The lowest BCUT2D eigenvalue weighted by atomic mass is 9.93. The summed E-state index contributed by atoms with van der Waals surface area (Å²) in [5.74, 6) is 0. The third-order valence-electron chi connectivity index (χ3n) is 2.78. The molecule has 1 aromatic heterocycles. The molecule has 0 aliphatic heterocycles. The van der Waals surface area contributed by atoms with Gasteiger partial charge in [-0.25, -0.2) is 4.68 Å². The first kappa shape index (κ1) is 11.1. The van der Waals surface area contributed by atoms with E-state index in [0.29, 0.717) is 5.69 Å². The van der Waals surface area contributed by atoms with Crippen LogP contribution in [0, 0.1) is 0 Å². The van der Waals surface area contributed by atoms with Gasteiger partial charge in [0, 0.05) is 14.2 Å². The number of aromatic nitrogens is 3. The van der Waals surface area contributed by atoms with E-state index in [4.69, 9.17) is 4.74 Å². The average molecular weight is 199 g/mol. The molecule has 0 amide bonds. The van der Waals surface area contributed by atoms with Crippen LogP contribution >= 0.6 is 0 Å². The number of methoxy groups -OCH3 is 1. The molecule has 2 atom stereocenters. The van der Waals surface area contributed by atoms with Crippen molar-refractivity contribution in [3.8, 4) is 0 Å². The van der Waals surface area contributed by atoms with Gasteiger partial charge in [0.1, 0.15) is 6.10 Å². The smallest absolute Gasteiger partial charge is 0.126 e. The van der Waals surface area contributed by atoms with Crippen LogP contribution in [0.25, 0.3) is 0 Å². The number of nitrogens with zero attached hydrogens (tertiary/aromatic N) is 3. The van der Waals surface area contributed by atoms with Crippen LogP contribution < -0.4 is 0 Å². The van der Waals surface area contributed by atoms with Crippen molar-refractivity contribution in [2.45, 2.75) is 32.0 Å². The molecule has 0 bridgehead atoms. The first-order valence-electron chi connectivity index (χ1n) is 4.63. The molecule has 0 saturated heterocycles. The minimum atomic E-state index is -0.711. The zero-order chi connectivity index (χ0) is 10.8. The van der Waals surface area contributed by atoms with Gasteiger partial charge in [-0.05, 0) is 13.3 Å². The van der Waals surface area contributed by atoms with E-state index in [2.05, 4.69) is 10.3 Å². The van der Waals surface area contributed by atoms with Crippen molar-refractivity contribution in [1.29, 1.82) is 0 Å². The molecule has 0 spiro atoms. The Morgan fingerprint density at radius 3 is 2.71 bits per heavy atom. The molecule has 0 aliphatic carbocycles. The topological polar surface area (TPSA) is 60.2 Å². The normalized spacial score (nSPS) is 17.8. The van der Waals surface area contributed by atoms with Gasteiger partial charge in [0.15, 0.2) is 0 Å². The fourth-order valence-electron chi connectivity index (χ4n) is 1.31. The number of hydrogen-bond donors (Lipinski definition) is 1. The minimum Gasteiger partial charge on any atom is -0.384 e. The highest BCUT2D eigenvalue weighted by Gasteiger charge is 2.34. The summed E-state index contributed by atoms with van der Waals surface area (Å²) in [4.78, 5) is 0. The fourth-order valence-corrected chi connectivity index (χ4v) is 1.31. The van der Waals surface area contributed by atoms with Crippen molar-refractivity contribution in [3.63, 3.8) is 0 Å². The number of aliphatic hydroxyl groups excluding tert-OH is 1. The van der Waals surface area contributed by atoms with E-state index in [1.54, 1.807) is 25.0 Å². The number of hydrogen-bond acceptors (Lipinski definition) is 4. The number of rotatable bonds is 4. The maximum absolute atomic E-state index is 10.1. The van der Waals surface area contributed by atoms with Gasteiger partial charge in [-0.3, -0.25) is 0 Å². The number of ether oxygens (including phenoxy) is 1. The first-order chi connectivity index (χ1) is 6.55. The Morgan fingerprint density at radius 2 is 2.36 bits per heavy atom.